The van der Waals surface area contributed by atoms with Crippen LogP contribution in [0.4, 0.5) is 16.2 Å². The Hall–Kier alpha value is -4.44. The van der Waals surface area contributed by atoms with E-state index in [1.807, 2.05) is 36.4 Å². The van der Waals surface area contributed by atoms with Gasteiger partial charge in [0.25, 0.3) is 5.91 Å². The summed E-state index contributed by atoms with van der Waals surface area (Å²) < 4.78 is 21.2. The molecule has 1 atom stereocenters. The van der Waals surface area contributed by atoms with Gasteiger partial charge in [0.1, 0.15) is 5.75 Å². The molecule has 1 aromatic heterocycles. The number of urea groups is 1. The first-order valence-corrected chi connectivity index (χ1v) is 13.3. The topological polar surface area (TPSA) is 104 Å². The minimum atomic E-state index is -1.51. The molecule has 10 heteroatoms. The second-order valence-corrected chi connectivity index (χ2v) is 9.90. The highest BCUT2D eigenvalue weighted by Gasteiger charge is 2.25. The number of piperazine rings is 1. The first kappa shape index (κ1) is 25.2. The predicted molar refractivity (Wildman–Crippen MR) is 148 cm³/mol. The average molecular weight is 530 g/mol. The van der Waals surface area contributed by atoms with E-state index in [9.17, 15) is 13.8 Å². The standard InChI is InChI=1S/C28H27N5O4S/c1-37-24-8-3-7-23(19-24)30-28(35)33-17-15-32(16-18-33)27(34)21-10-12-22(13-11-21)31-38(36)25-9-2-5-20-6-4-14-29-26(20)25/h2-14,19,31H,15-18H2,1H3,(H,30,35). The van der Waals surface area contributed by atoms with E-state index in [4.69, 9.17) is 4.74 Å². The molecule has 3 amide bonds. The monoisotopic (exact) mass is 529 g/mol. The molecule has 0 spiro atoms. The molecular weight excluding hydrogens is 502 g/mol. The summed E-state index contributed by atoms with van der Waals surface area (Å²) in [5.41, 5.74) is 2.50. The summed E-state index contributed by atoms with van der Waals surface area (Å²) in [7, 11) is 0.0613. The Kier molecular flexibility index (Phi) is 7.50. The Morgan fingerprint density at radius 1 is 0.868 bits per heavy atom. The van der Waals surface area contributed by atoms with E-state index in [1.165, 1.54) is 0 Å². The summed E-state index contributed by atoms with van der Waals surface area (Å²) >= 11 is 0. The molecular formula is C28H27N5O4S. The van der Waals surface area contributed by atoms with Gasteiger partial charge in [-0.3, -0.25) is 9.78 Å². The number of aromatic nitrogens is 1. The zero-order valence-corrected chi connectivity index (χ0v) is 21.6. The van der Waals surface area contributed by atoms with Crippen LogP contribution >= 0.6 is 0 Å². The van der Waals surface area contributed by atoms with Gasteiger partial charge >= 0.3 is 6.03 Å². The quantitative estimate of drug-likeness (QED) is 0.386. The summed E-state index contributed by atoms with van der Waals surface area (Å²) in [4.78, 5) is 34.1. The molecule has 0 saturated carbocycles. The Morgan fingerprint density at radius 3 is 2.34 bits per heavy atom. The van der Waals surface area contributed by atoms with E-state index in [0.29, 0.717) is 59.3 Å². The summed E-state index contributed by atoms with van der Waals surface area (Å²) in [6.07, 6.45) is 1.68. The lowest BCUT2D eigenvalue weighted by atomic mass is 10.1. The highest BCUT2D eigenvalue weighted by molar-refractivity contribution is 7.86. The number of amides is 3. The molecule has 5 rings (SSSR count). The number of pyridine rings is 1. The lowest BCUT2D eigenvalue weighted by molar-refractivity contribution is 0.0671. The third-order valence-corrected chi connectivity index (χ3v) is 7.46. The maximum Gasteiger partial charge on any atom is 0.321 e. The molecule has 1 fully saturated rings. The van der Waals surface area contributed by atoms with E-state index in [-0.39, 0.29) is 11.9 Å². The molecule has 0 aliphatic carbocycles. The smallest absolute Gasteiger partial charge is 0.321 e. The van der Waals surface area contributed by atoms with Gasteiger partial charge in [0.15, 0.2) is 11.0 Å². The number of methoxy groups -OCH3 is 1. The van der Waals surface area contributed by atoms with Crippen molar-refractivity contribution in [1.82, 2.24) is 14.8 Å². The highest BCUT2D eigenvalue weighted by atomic mass is 32.2. The Labute approximate surface area is 223 Å². The molecule has 194 valence electrons. The molecule has 2 heterocycles. The van der Waals surface area contributed by atoms with Crippen molar-refractivity contribution in [2.75, 3.05) is 43.3 Å². The molecule has 1 aliphatic rings. The van der Waals surface area contributed by atoms with Crippen molar-refractivity contribution in [1.29, 1.82) is 0 Å². The fraction of sp³-hybridized carbons (Fsp3) is 0.179. The maximum absolute atomic E-state index is 13.0. The second kappa shape index (κ2) is 11.3. The van der Waals surface area contributed by atoms with Gasteiger partial charge in [-0.2, -0.15) is 0 Å². The number of anilines is 2. The Balaban J connectivity index is 1.16. The molecule has 1 saturated heterocycles. The SMILES string of the molecule is COc1cccc(NC(=O)N2CCN(C(=O)c3ccc(NS(=O)c4cccc5cccnc45)cc3)CC2)c1. The number of nitrogens with zero attached hydrogens (tertiary/aromatic N) is 3. The van der Waals surface area contributed by atoms with Crippen LogP contribution in [0.15, 0.2) is 90.0 Å². The number of nitrogens with one attached hydrogen (secondary N) is 2. The third kappa shape index (κ3) is 5.60. The van der Waals surface area contributed by atoms with Crippen molar-refractivity contribution in [3.8, 4) is 5.75 Å². The summed E-state index contributed by atoms with van der Waals surface area (Å²) in [5.74, 6) is 0.556. The van der Waals surface area contributed by atoms with Crippen LogP contribution in [-0.2, 0) is 11.0 Å². The third-order valence-electron chi connectivity index (χ3n) is 6.31. The summed E-state index contributed by atoms with van der Waals surface area (Å²) in [6, 6.07) is 23.2. The van der Waals surface area contributed by atoms with Crippen molar-refractivity contribution in [3.05, 3.63) is 90.6 Å². The van der Waals surface area contributed by atoms with Crippen molar-refractivity contribution in [2.45, 2.75) is 4.90 Å². The van der Waals surface area contributed by atoms with Crippen LogP contribution in [0.2, 0.25) is 0 Å². The van der Waals surface area contributed by atoms with Gasteiger partial charge in [-0.1, -0.05) is 24.3 Å². The van der Waals surface area contributed by atoms with Gasteiger partial charge in [0, 0.05) is 60.8 Å². The number of carbonyl (C=O) groups excluding carboxylic acids is 2. The lowest BCUT2D eigenvalue weighted by Gasteiger charge is -2.34. The number of fused-ring (bicyclic) bond motifs is 1. The molecule has 4 aromatic rings. The molecule has 2 N–H and O–H groups in total. The van der Waals surface area contributed by atoms with E-state index in [2.05, 4.69) is 15.0 Å². The number of benzene rings is 3. The van der Waals surface area contributed by atoms with Crippen LogP contribution < -0.4 is 14.8 Å². The van der Waals surface area contributed by atoms with Crippen molar-refractivity contribution < 1.29 is 18.5 Å². The number of hydrogen-bond acceptors (Lipinski definition) is 5. The fourth-order valence-electron chi connectivity index (χ4n) is 4.27. The van der Waals surface area contributed by atoms with Gasteiger partial charge in [0.05, 0.1) is 17.5 Å². The summed E-state index contributed by atoms with van der Waals surface area (Å²) in [5, 5.41) is 3.79. The second-order valence-electron chi connectivity index (χ2n) is 8.72. The van der Waals surface area contributed by atoms with Crippen molar-refractivity contribution in [3.63, 3.8) is 0 Å². The number of carbonyl (C=O) groups is 2. The van der Waals surface area contributed by atoms with E-state index < -0.39 is 11.0 Å². The maximum atomic E-state index is 13.0. The molecule has 1 aliphatic heterocycles. The number of hydrogen-bond donors (Lipinski definition) is 2. The Bertz CT molecular complexity index is 1480. The molecule has 38 heavy (non-hydrogen) atoms. The average Bonchev–Trinajstić information content (AvgIpc) is 2.97. The number of para-hydroxylation sites is 1. The lowest BCUT2D eigenvalue weighted by Crippen LogP contribution is -2.51. The van der Waals surface area contributed by atoms with Gasteiger partial charge < -0.3 is 24.6 Å². The number of rotatable bonds is 6. The van der Waals surface area contributed by atoms with Crippen molar-refractivity contribution in [2.24, 2.45) is 0 Å². The van der Waals surface area contributed by atoms with Crippen LogP contribution in [-0.4, -0.2) is 64.2 Å². The van der Waals surface area contributed by atoms with Crippen LogP contribution in [0, 0.1) is 0 Å². The largest absolute Gasteiger partial charge is 0.497 e. The van der Waals surface area contributed by atoms with Gasteiger partial charge in [-0.15, -0.1) is 0 Å². The van der Waals surface area contributed by atoms with E-state index in [0.717, 1.165) is 5.39 Å². The zero-order valence-electron chi connectivity index (χ0n) is 20.8. The van der Waals surface area contributed by atoms with Crippen LogP contribution in [0.1, 0.15) is 10.4 Å². The van der Waals surface area contributed by atoms with Crippen LogP contribution in [0.25, 0.3) is 10.9 Å². The van der Waals surface area contributed by atoms with Crippen LogP contribution in [0.5, 0.6) is 5.75 Å². The minimum absolute atomic E-state index is 0.108. The zero-order chi connectivity index (χ0) is 26.5. The van der Waals surface area contributed by atoms with Gasteiger partial charge in [-0.05, 0) is 48.5 Å². The van der Waals surface area contributed by atoms with Crippen molar-refractivity contribution >= 4 is 45.2 Å². The first-order chi connectivity index (χ1) is 18.5. The summed E-state index contributed by atoms with van der Waals surface area (Å²) in [6.45, 7) is 1.73. The minimum Gasteiger partial charge on any atom is -0.497 e. The van der Waals surface area contributed by atoms with Gasteiger partial charge in [0.2, 0.25) is 0 Å². The van der Waals surface area contributed by atoms with Gasteiger partial charge in [-0.25, -0.2) is 9.00 Å². The molecule has 9 nitrogen and oxygen atoms in total. The van der Waals surface area contributed by atoms with E-state index in [1.54, 1.807) is 65.6 Å². The molecule has 3 aromatic carbocycles. The highest BCUT2D eigenvalue weighted by Crippen LogP contribution is 2.22. The molecule has 0 radical (unpaired) electrons. The predicted octanol–water partition coefficient (Wildman–Crippen LogP) is 4.37. The number of ether oxygens (including phenoxy) is 1. The first-order valence-electron chi connectivity index (χ1n) is 12.1. The Morgan fingerprint density at radius 2 is 1.58 bits per heavy atom. The fourth-order valence-corrected chi connectivity index (χ4v) is 5.28. The van der Waals surface area contributed by atoms with E-state index >= 15 is 0 Å². The molecule has 1 unspecified atom stereocenters. The van der Waals surface area contributed by atoms with Crippen LogP contribution in [0.3, 0.4) is 0 Å². The normalized spacial score (nSPS) is 14.1. The molecule has 0 bridgehead atoms.